The van der Waals surface area contributed by atoms with Crippen molar-refractivity contribution in [3.05, 3.63) is 23.8 Å². The number of halogens is 2. The maximum absolute atomic E-state index is 12.4. The number of nitrogens with zero attached hydrogens (tertiary/aromatic N) is 1. The van der Waals surface area contributed by atoms with Gasteiger partial charge >= 0.3 is 6.61 Å². The van der Waals surface area contributed by atoms with Crippen LogP contribution in [-0.2, 0) is 6.54 Å². The smallest absolute Gasteiger partial charge is 0.387 e. The number of alkyl halides is 2. The lowest BCUT2D eigenvalue weighted by Gasteiger charge is -2.26. The van der Waals surface area contributed by atoms with Crippen molar-refractivity contribution in [3.8, 4) is 11.5 Å². The molecule has 25 heavy (non-hydrogen) atoms. The monoisotopic (exact) mass is 390 g/mol. The van der Waals surface area contributed by atoms with Crippen molar-refractivity contribution >= 4 is 29.1 Å². The molecule has 1 fully saturated rings. The lowest BCUT2D eigenvalue weighted by Crippen LogP contribution is -2.41. The number of hydrogen-bond donors (Lipinski definition) is 1. The van der Waals surface area contributed by atoms with Gasteiger partial charge in [0, 0.05) is 19.1 Å². The molecule has 0 unspecified atom stereocenters. The third-order valence-electron chi connectivity index (χ3n) is 3.85. The second-order valence-corrected chi connectivity index (χ2v) is 7.17. The van der Waals surface area contributed by atoms with Crippen LogP contribution in [0.25, 0.3) is 0 Å². The molecule has 0 radical (unpaired) electrons. The van der Waals surface area contributed by atoms with Crippen LogP contribution in [0.5, 0.6) is 11.5 Å². The van der Waals surface area contributed by atoms with Crippen LogP contribution in [0.3, 0.4) is 0 Å². The van der Waals surface area contributed by atoms with Crippen LogP contribution in [0.1, 0.15) is 24.8 Å². The zero-order valence-electron chi connectivity index (χ0n) is 14.5. The minimum absolute atomic E-state index is 0.0389. The van der Waals surface area contributed by atoms with Gasteiger partial charge in [0.05, 0.1) is 7.11 Å². The van der Waals surface area contributed by atoms with E-state index in [1.54, 1.807) is 12.1 Å². The minimum Gasteiger partial charge on any atom is -0.493 e. The van der Waals surface area contributed by atoms with Gasteiger partial charge in [0.2, 0.25) is 0 Å². The molecular formula is C17H24F2N2O2S2. The average molecular weight is 391 g/mol. The summed E-state index contributed by atoms with van der Waals surface area (Å²) in [5.74, 6) is 1.44. The molecule has 2 rings (SSSR count). The van der Waals surface area contributed by atoms with Gasteiger partial charge in [-0.25, -0.2) is 0 Å². The molecule has 140 valence electrons. The van der Waals surface area contributed by atoms with E-state index >= 15 is 0 Å². The van der Waals surface area contributed by atoms with Gasteiger partial charge in [-0.2, -0.15) is 20.5 Å². The highest BCUT2D eigenvalue weighted by Gasteiger charge is 2.30. The number of benzene rings is 1. The van der Waals surface area contributed by atoms with Crippen LogP contribution < -0.4 is 14.8 Å². The van der Waals surface area contributed by atoms with E-state index in [1.165, 1.54) is 13.2 Å². The first-order valence-electron chi connectivity index (χ1n) is 8.20. The van der Waals surface area contributed by atoms with Gasteiger partial charge in [0.15, 0.2) is 16.6 Å². The predicted molar refractivity (Wildman–Crippen MR) is 102 cm³/mol. The summed E-state index contributed by atoms with van der Waals surface area (Å²) in [5.41, 5.74) is 0.943. The number of ether oxygens (including phenoxy) is 2. The largest absolute Gasteiger partial charge is 0.493 e. The Morgan fingerprint density at radius 2 is 2.16 bits per heavy atom. The van der Waals surface area contributed by atoms with Crippen LogP contribution in [0.15, 0.2) is 18.2 Å². The third-order valence-corrected chi connectivity index (χ3v) is 4.92. The Hall–Kier alpha value is -1.28. The quantitative estimate of drug-likeness (QED) is 0.482. The van der Waals surface area contributed by atoms with Crippen LogP contribution in [0.4, 0.5) is 8.78 Å². The molecule has 1 aromatic rings. The first-order valence-corrected chi connectivity index (χ1v) is 10.0. The van der Waals surface area contributed by atoms with E-state index in [0.717, 1.165) is 42.2 Å². The molecule has 0 saturated heterocycles. The minimum atomic E-state index is -2.87. The summed E-state index contributed by atoms with van der Waals surface area (Å²) in [6.07, 6.45) is 5.39. The number of nitrogens with one attached hydrogen (secondary N) is 1. The van der Waals surface area contributed by atoms with Gasteiger partial charge in [-0.15, -0.1) is 0 Å². The van der Waals surface area contributed by atoms with Crippen LogP contribution in [-0.4, -0.2) is 48.3 Å². The molecule has 0 spiro atoms. The van der Waals surface area contributed by atoms with Gasteiger partial charge in [0.25, 0.3) is 0 Å². The third kappa shape index (κ3) is 6.51. The standard InChI is InChI=1S/C17H24F2N2O2S2/c1-22-15-10-12(4-7-14(15)23-16(18)19)11-21(13-5-6-13)17(24)20-8-3-9-25-2/h4,7,10,13,16H,3,5-6,8-9,11H2,1-2H3,(H,20,24). The normalized spacial score (nSPS) is 13.6. The Labute approximate surface area is 157 Å². The van der Waals surface area contributed by atoms with E-state index in [2.05, 4.69) is 21.2 Å². The SMILES string of the molecule is COc1cc(CN(C(=S)NCCCSC)C2CC2)ccc1OC(F)F. The molecule has 1 N–H and O–H groups in total. The summed E-state index contributed by atoms with van der Waals surface area (Å²) >= 11 is 7.35. The highest BCUT2D eigenvalue weighted by atomic mass is 32.2. The average Bonchev–Trinajstić information content (AvgIpc) is 3.42. The Bertz CT molecular complexity index is 572. The Balaban J connectivity index is 2.00. The number of thioether (sulfide) groups is 1. The zero-order valence-corrected chi connectivity index (χ0v) is 16.1. The molecular weight excluding hydrogens is 366 g/mol. The molecule has 0 amide bonds. The van der Waals surface area contributed by atoms with Crippen LogP contribution >= 0.6 is 24.0 Å². The maximum Gasteiger partial charge on any atom is 0.387 e. The lowest BCUT2D eigenvalue weighted by atomic mass is 10.2. The molecule has 4 nitrogen and oxygen atoms in total. The van der Waals surface area contributed by atoms with Crippen molar-refractivity contribution in [1.82, 2.24) is 10.2 Å². The summed E-state index contributed by atoms with van der Waals surface area (Å²) in [7, 11) is 1.44. The van der Waals surface area contributed by atoms with Gasteiger partial charge in [-0.05, 0) is 61.2 Å². The Kier molecular flexibility index (Phi) is 8.02. The van der Waals surface area contributed by atoms with Crippen LogP contribution in [0, 0.1) is 0 Å². The van der Waals surface area contributed by atoms with E-state index in [4.69, 9.17) is 17.0 Å². The summed E-state index contributed by atoms with van der Waals surface area (Å²) in [4.78, 5) is 2.16. The molecule has 1 aromatic carbocycles. The van der Waals surface area contributed by atoms with E-state index in [9.17, 15) is 8.78 Å². The second-order valence-electron chi connectivity index (χ2n) is 5.80. The molecule has 0 aliphatic heterocycles. The van der Waals surface area contributed by atoms with Crippen molar-refractivity contribution in [3.63, 3.8) is 0 Å². The number of rotatable bonds is 10. The number of hydrogen-bond acceptors (Lipinski definition) is 4. The molecule has 1 aliphatic carbocycles. The predicted octanol–water partition coefficient (Wildman–Crippen LogP) is 3.89. The van der Waals surface area contributed by atoms with E-state index < -0.39 is 6.61 Å². The highest BCUT2D eigenvalue weighted by molar-refractivity contribution is 7.98. The van der Waals surface area contributed by atoms with Gasteiger partial charge in [-0.3, -0.25) is 0 Å². The van der Waals surface area contributed by atoms with Gasteiger partial charge in [0.1, 0.15) is 0 Å². The first-order chi connectivity index (χ1) is 12.0. The fourth-order valence-electron chi connectivity index (χ4n) is 2.47. The van der Waals surface area contributed by atoms with Crippen LogP contribution in [0.2, 0.25) is 0 Å². The van der Waals surface area contributed by atoms with Gasteiger partial charge < -0.3 is 19.7 Å². The maximum atomic E-state index is 12.4. The van der Waals surface area contributed by atoms with Crippen molar-refractivity contribution in [2.45, 2.75) is 38.5 Å². The Morgan fingerprint density at radius 1 is 1.40 bits per heavy atom. The van der Waals surface area contributed by atoms with E-state index in [-0.39, 0.29) is 5.75 Å². The second kappa shape index (κ2) is 10.0. The highest BCUT2D eigenvalue weighted by Crippen LogP contribution is 2.32. The molecule has 0 heterocycles. The van der Waals surface area contributed by atoms with E-state index in [1.807, 2.05) is 11.8 Å². The van der Waals surface area contributed by atoms with Crippen molar-refractivity contribution in [2.24, 2.45) is 0 Å². The summed E-state index contributed by atoms with van der Waals surface area (Å²) in [5, 5.41) is 4.06. The van der Waals surface area contributed by atoms with Crippen molar-refractivity contribution < 1.29 is 18.3 Å². The topological polar surface area (TPSA) is 33.7 Å². The molecule has 0 bridgehead atoms. The van der Waals surface area contributed by atoms with Crippen molar-refractivity contribution in [2.75, 3.05) is 25.7 Å². The fraction of sp³-hybridized carbons (Fsp3) is 0.588. The molecule has 1 saturated carbocycles. The van der Waals surface area contributed by atoms with E-state index in [0.29, 0.717) is 18.3 Å². The molecule has 0 aromatic heterocycles. The summed E-state index contributed by atoms with van der Waals surface area (Å²) in [6.45, 7) is -1.40. The zero-order chi connectivity index (χ0) is 18.2. The van der Waals surface area contributed by atoms with Gasteiger partial charge in [-0.1, -0.05) is 6.07 Å². The Morgan fingerprint density at radius 3 is 2.76 bits per heavy atom. The molecule has 1 aliphatic rings. The summed E-state index contributed by atoms with van der Waals surface area (Å²) in [6, 6.07) is 5.46. The molecule has 0 atom stereocenters. The fourth-order valence-corrected chi connectivity index (χ4v) is 3.22. The summed E-state index contributed by atoms with van der Waals surface area (Å²) < 4.78 is 34.5. The number of thiocarbonyl (C=S) groups is 1. The number of methoxy groups -OCH3 is 1. The first kappa shape index (κ1) is 20.0. The molecule has 8 heteroatoms. The van der Waals surface area contributed by atoms with Crippen molar-refractivity contribution in [1.29, 1.82) is 0 Å². The lowest BCUT2D eigenvalue weighted by molar-refractivity contribution is -0.0512.